The molecule has 0 saturated heterocycles. The Labute approximate surface area is 101 Å². The van der Waals surface area contributed by atoms with Crippen LogP contribution in [0.15, 0.2) is 24.3 Å². The lowest BCUT2D eigenvalue weighted by atomic mass is 9.85. The van der Waals surface area contributed by atoms with E-state index >= 15 is 0 Å². The van der Waals surface area contributed by atoms with Gasteiger partial charge in [-0.15, -0.1) is 0 Å². The van der Waals surface area contributed by atoms with E-state index in [1.165, 1.54) is 0 Å². The summed E-state index contributed by atoms with van der Waals surface area (Å²) in [6.07, 6.45) is 0. The lowest BCUT2D eigenvalue weighted by Gasteiger charge is -2.37. The van der Waals surface area contributed by atoms with E-state index in [-0.39, 0.29) is 12.6 Å². The van der Waals surface area contributed by atoms with Gasteiger partial charge in [0.25, 0.3) is 0 Å². The Morgan fingerprint density at radius 3 is 2.82 bits per heavy atom. The number of nitrogens with one attached hydrogen (secondary N) is 1. The number of carboxylic acid groups (broad SMARTS) is 1. The quantitative estimate of drug-likeness (QED) is 0.833. The van der Waals surface area contributed by atoms with E-state index in [2.05, 4.69) is 5.32 Å². The van der Waals surface area contributed by atoms with E-state index in [1.54, 1.807) is 0 Å². The molecule has 2 N–H and O–H groups in total. The van der Waals surface area contributed by atoms with Gasteiger partial charge in [0.2, 0.25) is 0 Å². The number of hydrogen-bond donors (Lipinski definition) is 2. The van der Waals surface area contributed by atoms with Gasteiger partial charge in [0, 0.05) is 6.04 Å². The number of benzene rings is 1. The van der Waals surface area contributed by atoms with Crippen molar-refractivity contribution >= 4 is 5.97 Å². The average Bonchev–Trinajstić information content (AvgIpc) is 2.28. The molecule has 1 aromatic rings. The summed E-state index contributed by atoms with van der Waals surface area (Å²) in [5, 5.41) is 12.7. The summed E-state index contributed by atoms with van der Waals surface area (Å²) in [5.74, 6) is -0.890. The van der Waals surface area contributed by atoms with Crippen LogP contribution < -0.4 is 5.32 Å². The highest BCUT2D eigenvalue weighted by Crippen LogP contribution is 2.31. The fraction of sp³-hybridized carbons (Fsp3) is 0.462. The Bertz CT molecular complexity index is 430. The summed E-state index contributed by atoms with van der Waals surface area (Å²) in [4.78, 5) is 11.6. The molecular weight excluding hydrogens is 218 g/mol. The van der Waals surface area contributed by atoms with Gasteiger partial charge in [-0.05, 0) is 25.0 Å². The maximum absolute atomic E-state index is 11.6. The summed E-state index contributed by atoms with van der Waals surface area (Å²) >= 11 is 0. The second-order valence-corrected chi connectivity index (χ2v) is 4.66. The first-order valence-electron chi connectivity index (χ1n) is 5.73. The molecule has 1 heterocycles. The molecule has 0 aromatic heterocycles. The Hall–Kier alpha value is -1.39. The Morgan fingerprint density at radius 1 is 1.47 bits per heavy atom. The minimum atomic E-state index is -1.12. The predicted molar refractivity (Wildman–Crippen MR) is 63.7 cm³/mol. The van der Waals surface area contributed by atoms with Crippen molar-refractivity contribution in [1.29, 1.82) is 0 Å². The summed E-state index contributed by atoms with van der Waals surface area (Å²) in [6.45, 7) is 4.51. The summed E-state index contributed by atoms with van der Waals surface area (Å²) in [5.41, 5.74) is 0.630. The Balaban J connectivity index is 2.51. The average molecular weight is 235 g/mol. The van der Waals surface area contributed by atoms with E-state index in [9.17, 15) is 9.90 Å². The lowest BCUT2D eigenvalue weighted by Crippen LogP contribution is -2.57. The zero-order chi connectivity index (χ0) is 12.5. The normalized spacial score (nSPS) is 23.5. The van der Waals surface area contributed by atoms with Crippen molar-refractivity contribution in [3.8, 4) is 0 Å². The van der Waals surface area contributed by atoms with Crippen LogP contribution in [-0.2, 0) is 21.7 Å². The van der Waals surface area contributed by atoms with Gasteiger partial charge in [0.1, 0.15) is 0 Å². The van der Waals surface area contributed by atoms with Gasteiger partial charge >= 0.3 is 5.97 Å². The molecule has 92 valence electrons. The summed E-state index contributed by atoms with van der Waals surface area (Å²) < 4.78 is 5.43. The Kier molecular flexibility index (Phi) is 3.17. The third-order valence-corrected chi connectivity index (χ3v) is 2.95. The van der Waals surface area contributed by atoms with Crippen molar-refractivity contribution in [3.63, 3.8) is 0 Å². The van der Waals surface area contributed by atoms with Crippen molar-refractivity contribution in [2.24, 2.45) is 0 Å². The van der Waals surface area contributed by atoms with Crippen LogP contribution >= 0.6 is 0 Å². The first-order valence-corrected chi connectivity index (χ1v) is 5.73. The molecular formula is C13H17NO3. The third-order valence-electron chi connectivity index (χ3n) is 2.95. The van der Waals surface area contributed by atoms with Gasteiger partial charge < -0.3 is 9.84 Å². The molecule has 0 aliphatic carbocycles. The minimum absolute atomic E-state index is 0.0702. The van der Waals surface area contributed by atoms with Crippen molar-refractivity contribution in [1.82, 2.24) is 5.32 Å². The summed E-state index contributed by atoms with van der Waals surface area (Å²) in [6, 6.07) is 7.61. The monoisotopic (exact) mass is 235 g/mol. The van der Waals surface area contributed by atoms with Crippen molar-refractivity contribution < 1.29 is 14.6 Å². The molecule has 1 atom stereocenters. The molecule has 0 amide bonds. The van der Waals surface area contributed by atoms with Crippen molar-refractivity contribution in [2.45, 2.75) is 32.0 Å². The van der Waals surface area contributed by atoms with Crippen LogP contribution in [0, 0.1) is 0 Å². The van der Waals surface area contributed by atoms with Gasteiger partial charge in [0.15, 0.2) is 5.54 Å². The minimum Gasteiger partial charge on any atom is -0.480 e. The summed E-state index contributed by atoms with van der Waals surface area (Å²) in [7, 11) is 0. The van der Waals surface area contributed by atoms with Gasteiger partial charge in [-0.25, -0.2) is 4.79 Å². The molecule has 0 fully saturated rings. The van der Waals surface area contributed by atoms with Gasteiger partial charge in [0.05, 0.1) is 13.2 Å². The molecule has 0 spiro atoms. The number of carbonyl (C=O) groups is 1. The highest BCUT2D eigenvalue weighted by molar-refractivity contribution is 5.82. The van der Waals surface area contributed by atoms with E-state index < -0.39 is 11.5 Å². The molecule has 0 saturated carbocycles. The highest BCUT2D eigenvalue weighted by Gasteiger charge is 2.44. The number of fused-ring (bicyclic) bond motifs is 1. The van der Waals surface area contributed by atoms with Crippen LogP contribution in [0.4, 0.5) is 0 Å². The first-order chi connectivity index (χ1) is 8.06. The van der Waals surface area contributed by atoms with Crippen LogP contribution in [0.3, 0.4) is 0 Å². The van der Waals surface area contributed by atoms with Crippen LogP contribution in [0.2, 0.25) is 0 Å². The van der Waals surface area contributed by atoms with Crippen LogP contribution in [0.25, 0.3) is 0 Å². The number of aliphatic carboxylic acids is 1. The second-order valence-electron chi connectivity index (χ2n) is 4.66. The SMILES string of the molecule is CC(C)NC1(C(=O)O)COCc2ccccc21. The standard InChI is InChI=1S/C13H17NO3/c1-9(2)14-13(12(15)16)8-17-7-10-5-3-4-6-11(10)13/h3-6,9,14H,7-8H2,1-2H3,(H,15,16). The van der Waals surface area contributed by atoms with Crippen LogP contribution in [-0.4, -0.2) is 23.7 Å². The topological polar surface area (TPSA) is 58.6 Å². The number of rotatable bonds is 3. The fourth-order valence-electron chi connectivity index (χ4n) is 2.31. The van der Waals surface area contributed by atoms with E-state index in [0.717, 1.165) is 11.1 Å². The maximum Gasteiger partial charge on any atom is 0.331 e. The van der Waals surface area contributed by atoms with Crippen LogP contribution in [0.1, 0.15) is 25.0 Å². The number of hydrogen-bond acceptors (Lipinski definition) is 3. The van der Waals surface area contributed by atoms with Gasteiger partial charge in [-0.1, -0.05) is 24.3 Å². The maximum atomic E-state index is 11.6. The lowest BCUT2D eigenvalue weighted by molar-refractivity contribution is -0.150. The molecule has 1 aromatic carbocycles. The van der Waals surface area contributed by atoms with Gasteiger partial charge in [-0.2, -0.15) is 0 Å². The second kappa shape index (κ2) is 4.47. The third kappa shape index (κ3) is 2.06. The zero-order valence-electron chi connectivity index (χ0n) is 10.1. The molecule has 4 heteroatoms. The smallest absolute Gasteiger partial charge is 0.331 e. The molecule has 1 aliphatic rings. The van der Waals surface area contributed by atoms with Crippen molar-refractivity contribution in [2.75, 3.05) is 6.61 Å². The van der Waals surface area contributed by atoms with Crippen LogP contribution in [0.5, 0.6) is 0 Å². The van der Waals surface area contributed by atoms with E-state index in [4.69, 9.17) is 4.74 Å². The first kappa shape index (κ1) is 12.1. The predicted octanol–water partition coefficient (Wildman–Crippen LogP) is 1.49. The zero-order valence-corrected chi connectivity index (χ0v) is 10.1. The molecule has 0 bridgehead atoms. The molecule has 17 heavy (non-hydrogen) atoms. The fourth-order valence-corrected chi connectivity index (χ4v) is 2.31. The molecule has 2 rings (SSSR count). The highest BCUT2D eigenvalue weighted by atomic mass is 16.5. The van der Waals surface area contributed by atoms with E-state index in [0.29, 0.717) is 6.61 Å². The van der Waals surface area contributed by atoms with E-state index in [1.807, 2.05) is 38.1 Å². The Morgan fingerprint density at radius 2 is 2.18 bits per heavy atom. The number of ether oxygens (including phenoxy) is 1. The van der Waals surface area contributed by atoms with Gasteiger partial charge in [-0.3, -0.25) is 5.32 Å². The molecule has 1 aliphatic heterocycles. The molecule has 0 radical (unpaired) electrons. The molecule has 4 nitrogen and oxygen atoms in total. The molecule has 1 unspecified atom stereocenters. The van der Waals surface area contributed by atoms with Crippen molar-refractivity contribution in [3.05, 3.63) is 35.4 Å². The number of carboxylic acids is 1. The largest absolute Gasteiger partial charge is 0.480 e.